The highest BCUT2D eigenvalue weighted by atomic mass is 16.5. The molecule has 4 rings (SSSR count). The normalized spacial score (nSPS) is 19.0. The van der Waals surface area contributed by atoms with Gasteiger partial charge in [0.2, 0.25) is 5.91 Å². The first-order valence-electron chi connectivity index (χ1n) is 9.97. The zero-order valence-electron chi connectivity index (χ0n) is 16.3. The Bertz CT molecular complexity index is 780. The first-order chi connectivity index (χ1) is 13.7. The number of carbonyl (C=O) groups is 1. The topological polar surface area (TPSA) is 77.7 Å². The second-order valence-corrected chi connectivity index (χ2v) is 7.61. The van der Waals surface area contributed by atoms with E-state index in [-0.39, 0.29) is 17.2 Å². The summed E-state index contributed by atoms with van der Waals surface area (Å²) in [5.74, 6) is 1.72. The number of ether oxygens (including phenoxy) is 2. The number of rotatable bonds is 8. The lowest BCUT2D eigenvalue weighted by Gasteiger charge is -2.33. The second kappa shape index (κ2) is 8.41. The van der Waals surface area contributed by atoms with Crippen molar-refractivity contribution in [2.45, 2.75) is 43.6 Å². The fourth-order valence-corrected chi connectivity index (χ4v) is 3.95. The standard InChI is InChI=1S/C21H27N3O4/c1-26-13-14-27-15-18-22-19(23-28-18)16-7-11-24(12-8-16)20(25)21(9-10-21)17-5-3-2-4-6-17/h2-6,16H,7-15H2,1H3. The predicted octanol–water partition coefficient (Wildman–Crippen LogP) is 2.67. The van der Waals surface area contributed by atoms with Crippen molar-refractivity contribution in [3.8, 4) is 0 Å². The third-order valence-corrected chi connectivity index (χ3v) is 5.77. The summed E-state index contributed by atoms with van der Waals surface area (Å²) in [6, 6.07) is 10.2. The van der Waals surface area contributed by atoms with E-state index < -0.39 is 0 Å². The van der Waals surface area contributed by atoms with Crippen LogP contribution in [0, 0.1) is 0 Å². The summed E-state index contributed by atoms with van der Waals surface area (Å²) in [5, 5.41) is 4.12. The van der Waals surface area contributed by atoms with E-state index in [1.54, 1.807) is 7.11 Å². The Morgan fingerprint density at radius 1 is 1.21 bits per heavy atom. The molecule has 1 amide bonds. The van der Waals surface area contributed by atoms with Gasteiger partial charge < -0.3 is 18.9 Å². The van der Waals surface area contributed by atoms with Gasteiger partial charge in [-0.15, -0.1) is 0 Å². The van der Waals surface area contributed by atoms with Crippen LogP contribution in [0.5, 0.6) is 0 Å². The van der Waals surface area contributed by atoms with E-state index >= 15 is 0 Å². The minimum atomic E-state index is -0.285. The van der Waals surface area contributed by atoms with Gasteiger partial charge in [-0.25, -0.2) is 0 Å². The molecule has 0 unspecified atom stereocenters. The number of amides is 1. The maximum Gasteiger partial charge on any atom is 0.252 e. The van der Waals surface area contributed by atoms with Crippen LogP contribution in [0.2, 0.25) is 0 Å². The fraction of sp³-hybridized carbons (Fsp3) is 0.571. The molecule has 2 heterocycles. The fourth-order valence-electron chi connectivity index (χ4n) is 3.95. The maximum atomic E-state index is 13.2. The Hall–Kier alpha value is -2.25. The molecule has 2 aromatic rings. The molecule has 1 aliphatic carbocycles. The smallest absolute Gasteiger partial charge is 0.252 e. The van der Waals surface area contributed by atoms with Crippen molar-refractivity contribution < 1.29 is 18.8 Å². The number of methoxy groups -OCH3 is 1. The van der Waals surface area contributed by atoms with E-state index in [1.807, 2.05) is 23.1 Å². The van der Waals surface area contributed by atoms with Gasteiger partial charge in [0.15, 0.2) is 5.82 Å². The highest BCUT2D eigenvalue weighted by Crippen LogP contribution is 2.50. The summed E-state index contributed by atoms with van der Waals surface area (Å²) < 4.78 is 15.7. The molecule has 1 aromatic heterocycles. The summed E-state index contributed by atoms with van der Waals surface area (Å²) in [5.41, 5.74) is 0.867. The van der Waals surface area contributed by atoms with Crippen molar-refractivity contribution in [1.82, 2.24) is 15.0 Å². The molecular formula is C21H27N3O4. The Balaban J connectivity index is 1.30. The molecule has 2 fully saturated rings. The maximum absolute atomic E-state index is 13.2. The summed E-state index contributed by atoms with van der Waals surface area (Å²) in [7, 11) is 1.64. The van der Waals surface area contributed by atoms with Gasteiger partial charge in [0.05, 0.1) is 18.6 Å². The Kier molecular flexibility index (Phi) is 5.73. The van der Waals surface area contributed by atoms with E-state index in [2.05, 4.69) is 22.3 Å². The van der Waals surface area contributed by atoms with E-state index in [0.29, 0.717) is 25.7 Å². The van der Waals surface area contributed by atoms with Crippen molar-refractivity contribution in [2.75, 3.05) is 33.4 Å². The van der Waals surface area contributed by atoms with Crippen molar-refractivity contribution >= 4 is 5.91 Å². The molecule has 0 atom stereocenters. The number of piperidine rings is 1. The van der Waals surface area contributed by atoms with Crippen molar-refractivity contribution in [3.05, 3.63) is 47.6 Å². The summed E-state index contributed by atoms with van der Waals surface area (Å²) in [6.45, 7) is 2.82. The van der Waals surface area contributed by atoms with E-state index in [0.717, 1.165) is 50.2 Å². The zero-order chi connectivity index (χ0) is 19.4. The molecule has 1 saturated carbocycles. The molecule has 7 nitrogen and oxygen atoms in total. The van der Waals surface area contributed by atoms with Crippen LogP contribution in [-0.2, 0) is 26.3 Å². The van der Waals surface area contributed by atoms with Crippen LogP contribution in [0.3, 0.4) is 0 Å². The lowest BCUT2D eigenvalue weighted by atomic mass is 9.91. The lowest BCUT2D eigenvalue weighted by molar-refractivity contribution is -0.135. The molecule has 1 aromatic carbocycles. The molecule has 7 heteroatoms. The van der Waals surface area contributed by atoms with Crippen molar-refractivity contribution in [3.63, 3.8) is 0 Å². The zero-order valence-corrected chi connectivity index (χ0v) is 16.3. The number of nitrogens with zero attached hydrogens (tertiary/aromatic N) is 3. The third-order valence-electron chi connectivity index (χ3n) is 5.77. The number of likely N-dealkylation sites (tertiary alicyclic amines) is 1. The SMILES string of the molecule is COCCOCc1nc(C2CCN(C(=O)C3(c4ccccc4)CC3)CC2)no1. The van der Waals surface area contributed by atoms with Crippen LogP contribution in [0.1, 0.15) is 48.9 Å². The van der Waals surface area contributed by atoms with Crippen LogP contribution < -0.4 is 0 Å². The van der Waals surface area contributed by atoms with Gasteiger partial charge in [-0.3, -0.25) is 4.79 Å². The number of hydrogen-bond donors (Lipinski definition) is 0. The Morgan fingerprint density at radius 2 is 1.96 bits per heavy atom. The van der Waals surface area contributed by atoms with Crippen LogP contribution in [0.25, 0.3) is 0 Å². The molecule has 150 valence electrons. The van der Waals surface area contributed by atoms with Gasteiger partial charge in [-0.05, 0) is 31.2 Å². The van der Waals surface area contributed by atoms with Gasteiger partial charge in [-0.2, -0.15) is 4.98 Å². The number of aromatic nitrogens is 2. The quantitative estimate of drug-likeness (QED) is 0.650. The lowest BCUT2D eigenvalue weighted by Crippen LogP contribution is -2.43. The second-order valence-electron chi connectivity index (χ2n) is 7.61. The molecule has 28 heavy (non-hydrogen) atoms. The molecule has 2 aliphatic rings. The number of benzene rings is 1. The molecule has 0 radical (unpaired) electrons. The van der Waals surface area contributed by atoms with Gasteiger partial charge >= 0.3 is 0 Å². The minimum absolute atomic E-state index is 0.229. The third kappa shape index (κ3) is 3.95. The average molecular weight is 385 g/mol. The molecule has 0 spiro atoms. The molecule has 0 bridgehead atoms. The molecule has 1 aliphatic heterocycles. The molecule has 0 N–H and O–H groups in total. The average Bonchev–Trinajstić information content (AvgIpc) is 3.43. The predicted molar refractivity (Wildman–Crippen MR) is 102 cm³/mol. The van der Waals surface area contributed by atoms with Crippen LogP contribution in [0.4, 0.5) is 0 Å². The first-order valence-corrected chi connectivity index (χ1v) is 9.97. The van der Waals surface area contributed by atoms with Gasteiger partial charge in [-0.1, -0.05) is 35.5 Å². The highest BCUT2D eigenvalue weighted by molar-refractivity contribution is 5.91. The van der Waals surface area contributed by atoms with Crippen molar-refractivity contribution in [2.24, 2.45) is 0 Å². The largest absolute Gasteiger partial charge is 0.382 e. The number of carbonyl (C=O) groups excluding carboxylic acids is 1. The van der Waals surface area contributed by atoms with E-state index in [9.17, 15) is 4.79 Å². The van der Waals surface area contributed by atoms with Crippen LogP contribution in [-0.4, -0.2) is 54.4 Å². The van der Waals surface area contributed by atoms with Crippen LogP contribution in [0.15, 0.2) is 34.9 Å². The highest BCUT2D eigenvalue weighted by Gasteiger charge is 2.53. The van der Waals surface area contributed by atoms with E-state index in [1.165, 1.54) is 0 Å². The molecular weight excluding hydrogens is 358 g/mol. The van der Waals surface area contributed by atoms with Gasteiger partial charge in [0.25, 0.3) is 5.89 Å². The van der Waals surface area contributed by atoms with E-state index in [4.69, 9.17) is 14.0 Å². The summed E-state index contributed by atoms with van der Waals surface area (Å²) in [4.78, 5) is 19.6. The van der Waals surface area contributed by atoms with Gasteiger partial charge in [0, 0.05) is 26.1 Å². The molecule has 1 saturated heterocycles. The van der Waals surface area contributed by atoms with Crippen LogP contribution >= 0.6 is 0 Å². The minimum Gasteiger partial charge on any atom is -0.382 e. The Labute approximate surface area is 165 Å². The summed E-state index contributed by atoms with van der Waals surface area (Å²) in [6.07, 6.45) is 3.63. The van der Waals surface area contributed by atoms with Gasteiger partial charge in [0.1, 0.15) is 6.61 Å². The monoisotopic (exact) mass is 385 g/mol. The first kappa shape index (κ1) is 19.1. The van der Waals surface area contributed by atoms with Crippen molar-refractivity contribution in [1.29, 1.82) is 0 Å². The Morgan fingerprint density at radius 3 is 2.64 bits per heavy atom. The number of hydrogen-bond acceptors (Lipinski definition) is 6. The summed E-state index contributed by atoms with van der Waals surface area (Å²) >= 11 is 0.